The third-order valence-corrected chi connectivity index (χ3v) is 6.19. The molecule has 2 aromatic carbocycles. The highest BCUT2D eigenvalue weighted by Crippen LogP contribution is 2.41. The van der Waals surface area contributed by atoms with Gasteiger partial charge in [0.15, 0.2) is 0 Å². The van der Waals surface area contributed by atoms with Crippen molar-refractivity contribution in [2.75, 3.05) is 14.2 Å². The van der Waals surface area contributed by atoms with Gasteiger partial charge in [-0.2, -0.15) is 5.26 Å². The van der Waals surface area contributed by atoms with E-state index in [4.69, 9.17) is 32.5 Å². The summed E-state index contributed by atoms with van der Waals surface area (Å²) < 4.78 is 25.9. The average molecular weight is 504 g/mol. The minimum Gasteiger partial charge on any atom is -0.481 e. The molecule has 36 heavy (non-hydrogen) atoms. The standard InChI is InChI=1S/C27H23ClFN5O2/c1-35-26-15(12-30)6-10-22(33-26)17-4-3-5-18(20(17)14-32)24-21(29)9-8-19(25(24)28)23-11-7-16(13-31)27(34-23)36-2/h3-11H,12-13,30-31H2,1-2H3. The molecule has 0 radical (unpaired) electrons. The van der Waals surface area contributed by atoms with E-state index in [1.54, 1.807) is 48.5 Å². The molecule has 0 saturated heterocycles. The van der Waals surface area contributed by atoms with Crippen molar-refractivity contribution >= 4 is 11.6 Å². The normalized spacial score (nSPS) is 10.7. The maximum Gasteiger partial charge on any atom is 0.218 e. The van der Waals surface area contributed by atoms with Crippen molar-refractivity contribution in [3.05, 3.63) is 82.1 Å². The average Bonchev–Trinajstić information content (AvgIpc) is 2.92. The zero-order chi connectivity index (χ0) is 25.8. The van der Waals surface area contributed by atoms with Crippen molar-refractivity contribution in [1.82, 2.24) is 9.97 Å². The molecular weight excluding hydrogens is 481 g/mol. The van der Waals surface area contributed by atoms with Crippen LogP contribution < -0.4 is 20.9 Å². The third kappa shape index (κ3) is 4.48. The predicted octanol–water partition coefficient (Wildman–Crippen LogP) is 5.08. The predicted molar refractivity (Wildman–Crippen MR) is 137 cm³/mol. The summed E-state index contributed by atoms with van der Waals surface area (Å²) in [6.07, 6.45) is 0. The summed E-state index contributed by atoms with van der Waals surface area (Å²) in [6.45, 7) is 0.503. The van der Waals surface area contributed by atoms with Gasteiger partial charge < -0.3 is 20.9 Å². The van der Waals surface area contributed by atoms with Crippen LogP contribution in [0.1, 0.15) is 16.7 Å². The Kier molecular flexibility index (Phi) is 7.46. The molecule has 4 N–H and O–H groups in total. The van der Waals surface area contributed by atoms with Crippen molar-refractivity contribution in [1.29, 1.82) is 5.26 Å². The van der Waals surface area contributed by atoms with Crippen molar-refractivity contribution in [3.8, 4) is 51.5 Å². The van der Waals surface area contributed by atoms with Crippen LogP contribution in [0.5, 0.6) is 11.8 Å². The molecule has 0 saturated carbocycles. The summed E-state index contributed by atoms with van der Waals surface area (Å²) in [5, 5.41) is 10.2. The van der Waals surface area contributed by atoms with Crippen LogP contribution in [0.4, 0.5) is 4.39 Å². The van der Waals surface area contributed by atoms with Gasteiger partial charge in [0.2, 0.25) is 11.8 Å². The number of rotatable bonds is 7. The Morgan fingerprint density at radius 2 is 1.39 bits per heavy atom. The number of pyridine rings is 2. The Morgan fingerprint density at radius 1 is 0.833 bits per heavy atom. The fourth-order valence-corrected chi connectivity index (χ4v) is 4.35. The second-order valence-electron chi connectivity index (χ2n) is 7.76. The summed E-state index contributed by atoms with van der Waals surface area (Å²) in [5.41, 5.74) is 15.5. The Bertz CT molecular complexity index is 1490. The van der Waals surface area contributed by atoms with E-state index in [0.29, 0.717) is 39.8 Å². The Morgan fingerprint density at radius 3 is 1.92 bits per heavy atom. The number of benzene rings is 2. The van der Waals surface area contributed by atoms with Crippen molar-refractivity contribution in [2.24, 2.45) is 11.5 Å². The molecule has 0 atom stereocenters. The molecule has 0 aliphatic carbocycles. The molecular formula is C27H23ClFN5O2. The maximum absolute atomic E-state index is 15.3. The van der Waals surface area contributed by atoms with Gasteiger partial charge in [0.1, 0.15) is 11.9 Å². The molecule has 4 aromatic rings. The summed E-state index contributed by atoms with van der Waals surface area (Å²) >= 11 is 6.76. The van der Waals surface area contributed by atoms with Crippen molar-refractivity contribution < 1.29 is 13.9 Å². The zero-order valence-corrected chi connectivity index (χ0v) is 20.4. The van der Waals surface area contributed by atoms with E-state index in [2.05, 4.69) is 16.0 Å². The molecule has 0 fully saturated rings. The number of aromatic nitrogens is 2. The van der Waals surface area contributed by atoms with Crippen LogP contribution in [0.25, 0.3) is 33.6 Å². The van der Waals surface area contributed by atoms with Crippen LogP contribution in [0, 0.1) is 17.1 Å². The lowest BCUT2D eigenvalue weighted by Gasteiger charge is -2.15. The Hall–Kier alpha value is -4.03. The van der Waals surface area contributed by atoms with Gasteiger partial charge in [-0.25, -0.2) is 14.4 Å². The van der Waals surface area contributed by atoms with E-state index in [-0.39, 0.29) is 29.2 Å². The van der Waals surface area contributed by atoms with Crippen LogP contribution in [0.3, 0.4) is 0 Å². The first-order valence-corrected chi connectivity index (χ1v) is 11.3. The topological polar surface area (TPSA) is 120 Å². The fraction of sp³-hybridized carbons (Fsp3) is 0.148. The molecule has 2 heterocycles. The smallest absolute Gasteiger partial charge is 0.218 e. The van der Waals surface area contributed by atoms with Gasteiger partial charge in [-0.1, -0.05) is 41.9 Å². The highest BCUT2D eigenvalue weighted by molar-refractivity contribution is 6.36. The van der Waals surface area contributed by atoms with Gasteiger partial charge in [0.05, 0.1) is 36.2 Å². The summed E-state index contributed by atoms with van der Waals surface area (Å²) in [6, 6.07) is 17.2. The molecule has 7 nitrogen and oxygen atoms in total. The quantitative estimate of drug-likeness (QED) is 0.361. The molecule has 0 spiro atoms. The largest absolute Gasteiger partial charge is 0.481 e. The van der Waals surface area contributed by atoms with E-state index in [0.717, 1.165) is 11.1 Å². The van der Waals surface area contributed by atoms with Crippen LogP contribution in [-0.4, -0.2) is 24.2 Å². The number of ether oxygens (including phenoxy) is 2. The van der Waals surface area contributed by atoms with Crippen LogP contribution in [0.2, 0.25) is 5.02 Å². The minimum absolute atomic E-state index is 0.0850. The first-order valence-electron chi connectivity index (χ1n) is 11.0. The van der Waals surface area contributed by atoms with E-state index < -0.39 is 5.82 Å². The molecule has 9 heteroatoms. The second kappa shape index (κ2) is 10.7. The van der Waals surface area contributed by atoms with Crippen molar-refractivity contribution in [2.45, 2.75) is 13.1 Å². The molecule has 0 unspecified atom stereocenters. The van der Waals surface area contributed by atoms with Gasteiger partial charge >= 0.3 is 0 Å². The number of halogens is 2. The zero-order valence-electron chi connectivity index (χ0n) is 19.7. The molecule has 0 aliphatic heterocycles. The molecule has 0 aliphatic rings. The van der Waals surface area contributed by atoms with Crippen molar-refractivity contribution in [3.63, 3.8) is 0 Å². The minimum atomic E-state index is -0.577. The van der Waals surface area contributed by atoms with Gasteiger partial charge in [-0.15, -0.1) is 0 Å². The number of hydrogen-bond acceptors (Lipinski definition) is 7. The second-order valence-corrected chi connectivity index (χ2v) is 8.14. The van der Waals surface area contributed by atoms with Gasteiger partial charge in [0, 0.05) is 46.5 Å². The summed E-state index contributed by atoms with van der Waals surface area (Å²) in [5.74, 6) is 0.140. The first kappa shape index (κ1) is 25.1. The lowest BCUT2D eigenvalue weighted by atomic mass is 9.92. The van der Waals surface area contributed by atoms with Crippen LogP contribution in [-0.2, 0) is 13.1 Å². The lowest BCUT2D eigenvalue weighted by Crippen LogP contribution is -2.03. The maximum atomic E-state index is 15.3. The van der Waals surface area contributed by atoms with E-state index in [9.17, 15) is 5.26 Å². The summed E-state index contributed by atoms with van der Waals surface area (Å²) in [4.78, 5) is 9.00. The molecule has 182 valence electrons. The molecule has 0 bridgehead atoms. The monoisotopic (exact) mass is 503 g/mol. The molecule has 2 aromatic heterocycles. The van der Waals surface area contributed by atoms with E-state index in [1.807, 2.05) is 0 Å². The first-order chi connectivity index (χ1) is 17.5. The lowest BCUT2D eigenvalue weighted by molar-refractivity contribution is 0.393. The van der Waals surface area contributed by atoms with Crippen LogP contribution >= 0.6 is 11.6 Å². The highest BCUT2D eigenvalue weighted by atomic mass is 35.5. The number of nitriles is 1. The summed E-state index contributed by atoms with van der Waals surface area (Å²) in [7, 11) is 2.99. The highest BCUT2D eigenvalue weighted by Gasteiger charge is 2.22. The number of nitrogens with zero attached hydrogens (tertiary/aromatic N) is 3. The number of nitrogens with two attached hydrogens (primary N) is 2. The molecule has 4 rings (SSSR count). The number of methoxy groups -OCH3 is 2. The fourth-order valence-electron chi connectivity index (χ4n) is 3.99. The molecule has 0 amide bonds. The van der Waals surface area contributed by atoms with Gasteiger partial charge in [-0.3, -0.25) is 0 Å². The van der Waals surface area contributed by atoms with Gasteiger partial charge in [-0.05, 0) is 24.3 Å². The Labute approximate surface area is 213 Å². The SMILES string of the molecule is COc1nc(-c2ccc(F)c(-c3cccc(-c4ccc(CN)c(OC)n4)c3C#N)c2Cl)ccc1CN. The third-order valence-electron chi connectivity index (χ3n) is 5.79. The van der Waals surface area contributed by atoms with Gasteiger partial charge in [0.25, 0.3) is 0 Å². The number of hydrogen-bond donors (Lipinski definition) is 2. The Balaban J connectivity index is 1.91. The van der Waals surface area contributed by atoms with E-state index in [1.165, 1.54) is 20.3 Å². The van der Waals surface area contributed by atoms with Crippen LogP contribution in [0.15, 0.2) is 54.6 Å². The van der Waals surface area contributed by atoms with E-state index >= 15 is 4.39 Å².